The highest BCUT2D eigenvalue weighted by molar-refractivity contribution is 6.07. The number of oxime groups is 1. The molecule has 0 saturated carbocycles. The Hall–Kier alpha value is -1.30. The zero-order valence-electron chi connectivity index (χ0n) is 11.5. The molecule has 0 aromatic heterocycles. The molecular formula is C13H23N3O3. The van der Waals surface area contributed by atoms with E-state index >= 15 is 0 Å². The van der Waals surface area contributed by atoms with Crippen LogP contribution in [-0.2, 0) is 9.53 Å². The van der Waals surface area contributed by atoms with Gasteiger partial charge < -0.3 is 20.6 Å². The second kappa shape index (κ2) is 5.77. The van der Waals surface area contributed by atoms with Gasteiger partial charge in [0, 0.05) is 25.8 Å². The van der Waals surface area contributed by atoms with Crippen LogP contribution >= 0.6 is 0 Å². The maximum absolute atomic E-state index is 12.9. The lowest BCUT2D eigenvalue weighted by Crippen LogP contribution is -2.55. The maximum Gasteiger partial charge on any atom is 0.236 e. The van der Waals surface area contributed by atoms with E-state index in [1.54, 1.807) is 0 Å². The van der Waals surface area contributed by atoms with Crippen LogP contribution in [0.5, 0.6) is 0 Å². The van der Waals surface area contributed by atoms with Gasteiger partial charge in [-0.15, -0.1) is 0 Å². The van der Waals surface area contributed by atoms with Crippen LogP contribution in [0.15, 0.2) is 5.16 Å². The van der Waals surface area contributed by atoms with Crippen molar-refractivity contribution in [2.45, 2.75) is 45.1 Å². The number of rotatable bonds is 3. The number of carbonyl (C=O) groups excluding carboxylic acids is 1. The molecule has 0 radical (unpaired) electrons. The van der Waals surface area contributed by atoms with Crippen molar-refractivity contribution in [3.8, 4) is 0 Å². The van der Waals surface area contributed by atoms with Crippen molar-refractivity contribution >= 4 is 11.7 Å². The second-order valence-electron chi connectivity index (χ2n) is 5.38. The number of ether oxygens (including phenoxy) is 1. The Kier molecular flexibility index (Phi) is 4.29. The number of hydrogen-bond donors (Lipinski definition) is 2. The summed E-state index contributed by atoms with van der Waals surface area (Å²) in [5, 5.41) is 12.1. The lowest BCUT2D eigenvalue weighted by Gasteiger charge is -2.39. The molecule has 0 aromatic rings. The van der Waals surface area contributed by atoms with Gasteiger partial charge in [-0.2, -0.15) is 0 Å². The van der Waals surface area contributed by atoms with Crippen LogP contribution in [0.25, 0.3) is 0 Å². The first-order chi connectivity index (χ1) is 9.15. The van der Waals surface area contributed by atoms with Gasteiger partial charge in [-0.25, -0.2) is 0 Å². The highest BCUT2D eigenvalue weighted by Crippen LogP contribution is 2.36. The first kappa shape index (κ1) is 14.1. The van der Waals surface area contributed by atoms with E-state index in [0.717, 1.165) is 25.8 Å². The summed E-state index contributed by atoms with van der Waals surface area (Å²) in [7, 11) is 0. The smallest absolute Gasteiger partial charge is 0.236 e. The Balaban J connectivity index is 2.25. The average Bonchev–Trinajstić information content (AvgIpc) is 2.94. The third kappa shape index (κ3) is 2.41. The molecule has 0 spiro atoms. The highest BCUT2D eigenvalue weighted by atomic mass is 16.5. The third-order valence-electron chi connectivity index (χ3n) is 4.46. The highest BCUT2D eigenvalue weighted by Gasteiger charge is 2.48. The molecular weight excluding hydrogens is 246 g/mol. The molecule has 6 nitrogen and oxygen atoms in total. The monoisotopic (exact) mass is 269 g/mol. The van der Waals surface area contributed by atoms with Gasteiger partial charge in [-0.1, -0.05) is 12.1 Å². The van der Waals surface area contributed by atoms with Crippen molar-refractivity contribution in [1.29, 1.82) is 0 Å². The molecule has 1 unspecified atom stereocenters. The quantitative estimate of drug-likeness (QED) is 0.345. The van der Waals surface area contributed by atoms with E-state index in [-0.39, 0.29) is 11.7 Å². The predicted molar refractivity (Wildman–Crippen MR) is 70.9 cm³/mol. The van der Waals surface area contributed by atoms with Crippen LogP contribution in [-0.4, -0.2) is 47.7 Å². The number of nitrogens with zero attached hydrogens (tertiary/aromatic N) is 2. The number of nitrogens with two attached hydrogens (primary N) is 1. The molecule has 2 aliphatic rings. The fraction of sp³-hybridized carbons (Fsp3) is 0.846. The predicted octanol–water partition coefficient (Wildman–Crippen LogP) is 0.931. The van der Waals surface area contributed by atoms with Gasteiger partial charge in [0.15, 0.2) is 5.84 Å². The zero-order valence-corrected chi connectivity index (χ0v) is 11.5. The van der Waals surface area contributed by atoms with E-state index in [2.05, 4.69) is 12.1 Å². The third-order valence-corrected chi connectivity index (χ3v) is 4.46. The minimum Gasteiger partial charge on any atom is -0.409 e. The summed E-state index contributed by atoms with van der Waals surface area (Å²) in [5.74, 6) is 0.0398. The number of hydrogen-bond acceptors (Lipinski definition) is 4. The van der Waals surface area contributed by atoms with E-state index in [1.807, 2.05) is 4.90 Å². The lowest BCUT2D eigenvalue weighted by atomic mass is 9.77. The largest absolute Gasteiger partial charge is 0.409 e. The van der Waals surface area contributed by atoms with Gasteiger partial charge in [-0.05, 0) is 32.1 Å². The van der Waals surface area contributed by atoms with E-state index < -0.39 is 5.41 Å². The van der Waals surface area contributed by atoms with E-state index in [9.17, 15) is 4.79 Å². The van der Waals surface area contributed by atoms with Crippen molar-refractivity contribution in [1.82, 2.24) is 4.90 Å². The number of amides is 1. The summed E-state index contributed by atoms with van der Waals surface area (Å²) in [6.07, 6.45) is 4.02. The van der Waals surface area contributed by atoms with Crippen molar-refractivity contribution in [2.75, 3.05) is 19.8 Å². The Morgan fingerprint density at radius 1 is 1.53 bits per heavy atom. The van der Waals surface area contributed by atoms with E-state index in [4.69, 9.17) is 15.7 Å². The summed E-state index contributed by atoms with van der Waals surface area (Å²) < 4.78 is 5.32. The molecule has 108 valence electrons. The fourth-order valence-electron chi connectivity index (χ4n) is 3.20. The van der Waals surface area contributed by atoms with Gasteiger partial charge in [0.25, 0.3) is 0 Å². The van der Waals surface area contributed by atoms with E-state index in [1.165, 1.54) is 0 Å². The second-order valence-corrected chi connectivity index (χ2v) is 5.38. The van der Waals surface area contributed by atoms with E-state index in [0.29, 0.717) is 32.1 Å². The molecule has 1 amide bonds. The van der Waals surface area contributed by atoms with Crippen LogP contribution in [0.3, 0.4) is 0 Å². The molecule has 0 aliphatic carbocycles. The Bertz CT molecular complexity index is 364. The van der Waals surface area contributed by atoms with Gasteiger partial charge >= 0.3 is 0 Å². The normalized spacial score (nSPS) is 27.5. The zero-order chi connectivity index (χ0) is 13.9. The molecule has 1 atom stereocenters. The standard InChI is InChI=1S/C13H23N3O3/c1-2-10-4-3-7-16(10)12(17)13(11(14)15-18)5-8-19-9-6-13/h10,18H,2-9H2,1H3,(H2,14,15). The van der Waals surface area contributed by atoms with Crippen LogP contribution < -0.4 is 5.73 Å². The first-order valence-electron chi connectivity index (χ1n) is 7.02. The van der Waals surface area contributed by atoms with Gasteiger partial charge in [0.1, 0.15) is 5.41 Å². The summed E-state index contributed by atoms with van der Waals surface area (Å²) in [6, 6.07) is 0.290. The minimum absolute atomic E-state index is 0.00968. The summed E-state index contributed by atoms with van der Waals surface area (Å²) >= 11 is 0. The van der Waals surface area contributed by atoms with Gasteiger partial charge in [-0.3, -0.25) is 4.79 Å². The summed E-state index contributed by atoms with van der Waals surface area (Å²) in [6.45, 7) is 3.83. The molecule has 2 fully saturated rings. The van der Waals surface area contributed by atoms with Crippen LogP contribution in [0.2, 0.25) is 0 Å². The molecule has 3 N–H and O–H groups in total. The van der Waals surface area contributed by atoms with Crippen molar-refractivity contribution in [3.63, 3.8) is 0 Å². The molecule has 0 aromatic carbocycles. The van der Waals surface area contributed by atoms with Gasteiger partial charge in [0.05, 0.1) is 0 Å². The fourth-order valence-corrected chi connectivity index (χ4v) is 3.20. The molecule has 19 heavy (non-hydrogen) atoms. The molecule has 2 heterocycles. The minimum atomic E-state index is -0.870. The average molecular weight is 269 g/mol. The molecule has 2 aliphatic heterocycles. The SMILES string of the molecule is CCC1CCCN1C(=O)C1(C(N)=NO)CCOCC1. The molecule has 6 heteroatoms. The lowest BCUT2D eigenvalue weighted by molar-refractivity contribution is -0.143. The van der Waals surface area contributed by atoms with Crippen LogP contribution in [0, 0.1) is 5.41 Å². The van der Waals surface area contributed by atoms with Crippen LogP contribution in [0.1, 0.15) is 39.0 Å². The first-order valence-corrected chi connectivity index (χ1v) is 7.02. The molecule has 2 rings (SSSR count). The Morgan fingerprint density at radius 2 is 2.21 bits per heavy atom. The number of carbonyl (C=O) groups is 1. The Labute approximate surface area is 113 Å². The maximum atomic E-state index is 12.9. The van der Waals surface area contributed by atoms with Crippen molar-refractivity contribution in [2.24, 2.45) is 16.3 Å². The number of likely N-dealkylation sites (tertiary alicyclic amines) is 1. The molecule has 2 saturated heterocycles. The van der Waals surface area contributed by atoms with Crippen LogP contribution in [0.4, 0.5) is 0 Å². The number of amidine groups is 1. The Morgan fingerprint density at radius 3 is 2.79 bits per heavy atom. The van der Waals surface area contributed by atoms with Crippen molar-refractivity contribution in [3.05, 3.63) is 0 Å². The summed E-state index contributed by atoms with van der Waals surface area (Å²) in [4.78, 5) is 14.8. The van der Waals surface area contributed by atoms with Crippen molar-refractivity contribution < 1.29 is 14.7 Å². The topological polar surface area (TPSA) is 88.2 Å². The summed E-state index contributed by atoms with van der Waals surface area (Å²) in [5.41, 5.74) is 4.96. The molecule has 0 bridgehead atoms. The van der Waals surface area contributed by atoms with Gasteiger partial charge in [0.2, 0.25) is 5.91 Å².